The molecule has 4 rings (SSSR count). The monoisotopic (exact) mass is 468 g/mol. The number of aromatic carboxylic acids is 1. The lowest BCUT2D eigenvalue weighted by Gasteiger charge is -2.33. The fourth-order valence-electron chi connectivity index (χ4n) is 4.35. The summed E-state index contributed by atoms with van der Waals surface area (Å²) in [5, 5.41) is 12.8. The molecule has 0 radical (unpaired) electrons. The summed E-state index contributed by atoms with van der Waals surface area (Å²) in [6.07, 6.45) is 5.63. The molecule has 1 saturated carbocycles. The van der Waals surface area contributed by atoms with Gasteiger partial charge in [0, 0.05) is 34.0 Å². The molecule has 2 aromatic heterocycles. The largest absolute Gasteiger partial charge is 0.477 e. The van der Waals surface area contributed by atoms with Crippen molar-refractivity contribution in [1.82, 2.24) is 4.98 Å². The SMILES string of the molecule is CC(C)N(c1cc(-c2ccc(-c3nccs3)cc2)sc1C(=O)O)C(=O)[C@H]1CC[C@H](C)CC1. The van der Waals surface area contributed by atoms with E-state index in [0.717, 1.165) is 46.7 Å². The van der Waals surface area contributed by atoms with Gasteiger partial charge < -0.3 is 10.0 Å². The summed E-state index contributed by atoms with van der Waals surface area (Å²) in [4.78, 5) is 32.7. The zero-order chi connectivity index (χ0) is 22.8. The summed E-state index contributed by atoms with van der Waals surface area (Å²) in [5.41, 5.74) is 2.48. The van der Waals surface area contributed by atoms with E-state index in [1.165, 1.54) is 11.3 Å². The Morgan fingerprint density at radius 1 is 1.09 bits per heavy atom. The normalized spacial score (nSPS) is 18.6. The van der Waals surface area contributed by atoms with Crippen LogP contribution in [0.1, 0.15) is 56.1 Å². The topological polar surface area (TPSA) is 70.5 Å². The van der Waals surface area contributed by atoms with Crippen molar-refractivity contribution in [3.8, 4) is 21.0 Å². The fraction of sp³-hybridized carbons (Fsp3) is 0.400. The zero-order valence-electron chi connectivity index (χ0n) is 18.6. The number of thiophene rings is 1. The van der Waals surface area contributed by atoms with E-state index < -0.39 is 5.97 Å². The number of carbonyl (C=O) groups is 2. The maximum Gasteiger partial charge on any atom is 0.348 e. The van der Waals surface area contributed by atoms with Crippen molar-refractivity contribution in [1.29, 1.82) is 0 Å². The number of anilines is 1. The highest BCUT2D eigenvalue weighted by Gasteiger charge is 2.33. The molecule has 1 aromatic carbocycles. The molecule has 1 fully saturated rings. The number of thiazole rings is 1. The molecule has 0 saturated heterocycles. The molecular weight excluding hydrogens is 440 g/mol. The third-order valence-electron chi connectivity index (χ3n) is 6.13. The van der Waals surface area contributed by atoms with Crippen LogP contribution in [0.25, 0.3) is 21.0 Å². The maximum absolute atomic E-state index is 13.5. The number of hydrogen-bond donors (Lipinski definition) is 1. The number of nitrogens with zero attached hydrogens (tertiary/aromatic N) is 2. The van der Waals surface area contributed by atoms with E-state index in [9.17, 15) is 14.7 Å². The highest BCUT2D eigenvalue weighted by molar-refractivity contribution is 7.18. The highest BCUT2D eigenvalue weighted by Crippen LogP contribution is 2.40. The molecule has 3 aromatic rings. The first-order valence-corrected chi connectivity index (χ1v) is 12.7. The van der Waals surface area contributed by atoms with Crippen molar-refractivity contribution >= 4 is 40.2 Å². The predicted molar refractivity (Wildman–Crippen MR) is 132 cm³/mol. The number of hydrogen-bond acceptors (Lipinski definition) is 5. The van der Waals surface area contributed by atoms with Crippen molar-refractivity contribution in [3.63, 3.8) is 0 Å². The second kappa shape index (κ2) is 9.55. The zero-order valence-corrected chi connectivity index (χ0v) is 20.2. The lowest BCUT2D eigenvalue weighted by Crippen LogP contribution is -2.42. The van der Waals surface area contributed by atoms with Crippen LogP contribution < -0.4 is 4.90 Å². The van der Waals surface area contributed by atoms with Gasteiger partial charge in [0.25, 0.3) is 0 Å². The van der Waals surface area contributed by atoms with Crippen molar-refractivity contribution in [3.05, 3.63) is 46.8 Å². The summed E-state index contributed by atoms with van der Waals surface area (Å²) in [7, 11) is 0. The second-order valence-corrected chi connectivity index (χ2v) is 10.8. The number of benzene rings is 1. The van der Waals surface area contributed by atoms with Gasteiger partial charge in [-0.15, -0.1) is 22.7 Å². The quantitative estimate of drug-likeness (QED) is 0.432. The van der Waals surface area contributed by atoms with E-state index in [1.54, 1.807) is 22.4 Å². The lowest BCUT2D eigenvalue weighted by atomic mass is 9.82. The Labute approximate surface area is 196 Å². The number of carboxylic acids is 1. The Morgan fingerprint density at radius 2 is 1.75 bits per heavy atom. The van der Waals surface area contributed by atoms with Crippen molar-refractivity contribution in [2.24, 2.45) is 11.8 Å². The van der Waals surface area contributed by atoms with Gasteiger partial charge in [0.2, 0.25) is 5.91 Å². The third-order valence-corrected chi connectivity index (χ3v) is 8.12. The van der Waals surface area contributed by atoms with E-state index in [0.29, 0.717) is 11.6 Å². The van der Waals surface area contributed by atoms with Gasteiger partial charge in [-0.1, -0.05) is 31.2 Å². The van der Waals surface area contributed by atoms with Crippen LogP contribution in [0.15, 0.2) is 41.9 Å². The van der Waals surface area contributed by atoms with Gasteiger partial charge in [-0.3, -0.25) is 4.79 Å². The number of aromatic nitrogens is 1. The minimum atomic E-state index is -0.994. The van der Waals surface area contributed by atoms with E-state index >= 15 is 0 Å². The summed E-state index contributed by atoms with van der Waals surface area (Å²) in [6.45, 7) is 6.14. The molecule has 1 amide bonds. The molecule has 0 unspecified atom stereocenters. The summed E-state index contributed by atoms with van der Waals surface area (Å²) >= 11 is 2.81. The first-order chi connectivity index (χ1) is 15.3. The Morgan fingerprint density at radius 3 is 2.31 bits per heavy atom. The smallest absolute Gasteiger partial charge is 0.348 e. The maximum atomic E-state index is 13.5. The summed E-state index contributed by atoms with van der Waals surface area (Å²) in [6, 6.07) is 9.74. The summed E-state index contributed by atoms with van der Waals surface area (Å²) in [5.74, 6) is -0.318. The Balaban J connectivity index is 1.67. The van der Waals surface area contributed by atoms with E-state index in [-0.39, 0.29) is 22.7 Å². The number of carboxylic acid groups (broad SMARTS) is 1. The number of amides is 1. The van der Waals surface area contributed by atoms with Crippen LogP contribution in [-0.2, 0) is 4.79 Å². The Kier molecular flexibility index (Phi) is 6.76. The average Bonchev–Trinajstić information content (AvgIpc) is 3.45. The van der Waals surface area contributed by atoms with Crippen LogP contribution in [-0.4, -0.2) is 28.0 Å². The van der Waals surface area contributed by atoms with Gasteiger partial charge in [-0.25, -0.2) is 9.78 Å². The van der Waals surface area contributed by atoms with Crippen LogP contribution in [0.5, 0.6) is 0 Å². The van der Waals surface area contributed by atoms with Crippen LogP contribution >= 0.6 is 22.7 Å². The van der Waals surface area contributed by atoms with Crippen LogP contribution in [0.4, 0.5) is 5.69 Å². The molecule has 5 nitrogen and oxygen atoms in total. The molecule has 0 bridgehead atoms. The molecule has 0 atom stereocenters. The van der Waals surface area contributed by atoms with Crippen molar-refractivity contribution in [2.75, 3.05) is 4.90 Å². The minimum absolute atomic E-state index is 0.0313. The molecule has 7 heteroatoms. The first kappa shape index (κ1) is 22.7. The van der Waals surface area contributed by atoms with Gasteiger partial charge in [-0.2, -0.15) is 0 Å². The van der Waals surface area contributed by atoms with Crippen LogP contribution in [0, 0.1) is 11.8 Å². The second-order valence-electron chi connectivity index (χ2n) is 8.80. The van der Waals surface area contributed by atoms with Gasteiger partial charge >= 0.3 is 5.97 Å². The Hall–Kier alpha value is -2.51. The molecule has 0 aliphatic heterocycles. The minimum Gasteiger partial charge on any atom is -0.477 e. The molecule has 1 aliphatic rings. The van der Waals surface area contributed by atoms with Gasteiger partial charge in [-0.05, 0) is 57.1 Å². The molecule has 0 spiro atoms. The molecule has 168 valence electrons. The molecular formula is C25H28N2O3S2. The van der Waals surface area contributed by atoms with Gasteiger partial charge in [0.05, 0.1) is 5.69 Å². The fourth-order valence-corrected chi connectivity index (χ4v) is 5.99. The average molecular weight is 469 g/mol. The van der Waals surface area contributed by atoms with Crippen LogP contribution in [0.3, 0.4) is 0 Å². The van der Waals surface area contributed by atoms with Crippen LogP contribution in [0.2, 0.25) is 0 Å². The van der Waals surface area contributed by atoms with Gasteiger partial charge in [0.1, 0.15) is 9.88 Å². The highest BCUT2D eigenvalue weighted by atomic mass is 32.1. The summed E-state index contributed by atoms with van der Waals surface area (Å²) < 4.78 is 0. The van der Waals surface area contributed by atoms with E-state index in [4.69, 9.17) is 0 Å². The van der Waals surface area contributed by atoms with Crippen molar-refractivity contribution < 1.29 is 14.7 Å². The molecule has 1 N–H and O–H groups in total. The Bertz CT molecular complexity index is 1080. The number of rotatable bonds is 6. The first-order valence-electron chi connectivity index (χ1n) is 11.1. The molecule has 1 aliphatic carbocycles. The third kappa shape index (κ3) is 4.64. The molecule has 32 heavy (non-hydrogen) atoms. The van der Waals surface area contributed by atoms with E-state index in [1.807, 2.05) is 49.6 Å². The lowest BCUT2D eigenvalue weighted by molar-refractivity contribution is -0.123. The van der Waals surface area contributed by atoms with E-state index in [2.05, 4.69) is 11.9 Å². The standard InChI is InChI=1S/C25H28N2O3S2/c1-15(2)27(24(28)19-6-4-16(3)5-7-19)20-14-21(32-22(20)25(29)30)17-8-10-18(11-9-17)23-26-12-13-31-23/h8-16,19H,4-7H2,1-3H3,(H,29,30)/t16-,19-. The molecule has 2 heterocycles. The predicted octanol–water partition coefficient (Wildman–Crippen LogP) is 6.80. The van der Waals surface area contributed by atoms with Gasteiger partial charge in [0.15, 0.2) is 0 Å². The van der Waals surface area contributed by atoms with Crippen molar-refractivity contribution in [2.45, 2.75) is 52.5 Å². The number of carbonyl (C=O) groups excluding carboxylic acids is 1.